The molecule has 0 amide bonds. The topological polar surface area (TPSA) is 149 Å². The molecule has 3 N–H and O–H groups in total. The minimum absolute atomic E-state index is 0.124. The third kappa shape index (κ3) is 14.7. The predicted molar refractivity (Wildman–Crippen MR) is 94.7 cm³/mol. The fourth-order valence-corrected chi connectivity index (χ4v) is 2.58. The van der Waals surface area contributed by atoms with Gasteiger partial charge in [-0.1, -0.05) is 33.1 Å². The molecule has 0 spiro atoms. The number of phosphoric ester groups is 1. The number of carbonyl (C=O) groups is 2. The molecule has 0 rings (SSSR count). The molecule has 0 fully saturated rings. The molecular formula is C16H31O10P. The number of unbranched alkanes of at least 4 members (excludes halogenated alkanes) is 3. The van der Waals surface area contributed by atoms with Crippen LogP contribution in [0.2, 0.25) is 0 Å². The average molecular weight is 414 g/mol. The van der Waals surface area contributed by atoms with Gasteiger partial charge in [0.25, 0.3) is 0 Å². The Morgan fingerprint density at radius 1 is 1.00 bits per heavy atom. The second-order valence-electron chi connectivity index (χ2n) is 5.86. The van der Waals surface area contributed by atoms with Crippen LogP contribution in [0.1, 0.15) is 52.4 Å². The summed E-state index contributed by atoms with van der Waals surface area (Å²) in [5, 5.41) is 17.8. The lowest BCUT2D eigenvalue weighted by molar-refractivity contribution is -0.161. The lowest BCUT2D eigenvalue weighted by Gasteiger charge is -2.20. The lowest BCUT2D eigenvalue weighted by atomic mass is 10.1. The van der Waals surface area contributed by atoms with Crippen molar-refractivity contribution in [2.75, 3.05) is 26.4 Å². The van der Waals surface area contributed by atoms with Gasteiger partial charge >= 0.3 is 19.8 Å². The van der Waals surface area contributed by atoms with E-state index in [0.29, 0.717) is 6.42 Å². The third-order valence-electron chi connectivity index (χ3n) is 3.32. The zero-order valence-electron chi connectivity index (χ0n) is 15.9. The van der Waals surface area contributed by atoms with Crippen LogP contribution < -0.4 is 0 Å². The number of aliphatic hydroxyl groups is 2. The Bertz CT molecular complexity index is 470. The quantitative estimate of drug-likeness (QED) is 0.192. The van der Waals surface area contributed by atoms with E-state index in [4.69, 9.17) is 24.2 Å². The molecule has 0 aromatic carbocycles. The van der Waals surface area contributed by atoms with E-state index in [2.05, 4.69) is 4.52 Å². The summed E-state index contributed by atoms with van der Waals surface area (Å²) in [4.78, 5) is 32.7. The molecule has 27 heavy (non-hydrogen) atoms. The van der Waals surface area contributed by atoms with Crippen molar-refractivity contribution >= 4 is 19.8 Å². The van der Waals surface area contributed by atoms with E-state index in [-0.39, 0.29) is 19.4 Å². The number of phosphoric acid groups is 1. The Morgan fingerprint density at radius 3 is 2.26 bits per heavy atom. The molecule has 0 bridgehead atoms. The second-order valence-corrected chi connectivity index (χ2v) is 7.31. The highest BCUT2D eigenvalue weighted by atomic mass is 31.2. The van der Waals surface area contributed by atoms with Gasteiger partial charge in [0.15, 0.2) is 6.10 Å². The lowest BCUT2D eigenvalue weighted by Crippen LogP contribution is -2.29. The highest BCUT2D eigenvalue weighted by Crippen LogP contribution is 2.43. The van der Waals surface area contributed by atoms with Crippen molar-refractivity contribution < 1.29 is 47.8 Å². The Morgan fingerprint density at radius 2 is 1.67 bits per heavy atom. The Labute approximate surface area is 159 Å². The van der Waals surface area contributed by atoms with Gasteiger partial charge in [-0.3, -0.25) is 18.6 Å². The zero-order valence-corrected chi connectivity index (χ0v) is 16.8. The molecule has 0 aliphatic rings. The minimum Gasteiger partial charge on any atom is -0.462 e. The largest absolute Gasteiger partial charge is 0.472 e. The maximum atomic E-state index is 11.9. The summed E-state index contributed by atoms with van der Waals surface area (Å²) < 4.78 is 31.0. The Kier molecular flexibility index (Phi) is 14.4. The monoisotopic (exact) mass is 414 g/mol. The fourth-order valence-electron chi connectivity index (χ4n) is 1.79. The molecule has 0 saturated carbocycles. The van der Waals surface area contributed by atoms with Crippen molar-refractivity contribution in [2.45, 2.75) is 64.6 Å². The van der Waals surface area contributed by atoms with E-state index in [0.717, 1.165) is 19.3 Å². The maximum absolute atomic E-state index is 11.9. The van der Waals surface area contributed by atoms with Crippen molar-refractivity contribution in [3.8, 4) is 0 Å². The van der Waals surface area contributed by atoms with Crippen LogP contribution in [0.4, 0.5) is 0 Å². The normalized spacial score (nSPS) is 15.6. The van der Waals surface area contributed by atoms with Gasteiger partial charge in [0.05, 0.1) is 19.8 Å². The van der Waals surface area contributed by atoms with Crippen LogP contribution in [-0.4, -0.2) is 65.7 Å². The molecule has 0 aliphatic heterocycles. The van der Waals surface area contributed by atoms with Gasteiger partial charge in [0.2, 0.25) is 0 Å². The van der Waals surface area contributed by atoms with Crippen molar-refractivity contribution in [1.82, 2.24) is 0 Å². The molecule has 0 aromatic rings. The van der Waals surface area contributed by atoms with E-state index in [1.807, 2.05) is 6.92 Å². The smallest absolute Gasteiger partial charge is 0.462 e. The summed E-state index contributed by atoms with van der Waals surface area (Å²) in [6.07, 6.45) is 1.43. The zero-order chi connectivity index (χ0) is 20.7. The van der Waals surface area contributed by atoms with Gasteiger partial charge in [-0.05, 0) is 6.42 Å². The molecule has 0 aromatic heterocycles. The summed E-state index contributed by atoms with van der Waals surface area (Å²) >= 11 is 0. The third-order valence-corrected chi connectivity index (χ3v) is 4.27. The molecular weight excluding hydrogens is 383 g/mol. The Balaban J connectivity index is 4.54. The molecule has 3 atom stereocenters. The van der Waals surface area contributed by atoms with E-state index >= 15 is 0 Å². The first kappa shape index (κ1) is 26.0. The van der Waals surface area contributed by atoms with Crippen LogP contribution in [0, 0.1) is 0 Å². The molecule has 10 nitrogen and oxygen atoms in total. The van der Waals surface area contributed by atoms with Crippen LogP contribution in [0.5, 0.6) is 0 Å². The highest BCUT2D eigenvalue weighted by Gasteiger charge is 2.26. The Hall–Kier alpha value is -1.03. The number of ether oxygens (including phenoxy) is 2. The average Bonchev–Trinajstić information content (AvgIpc) is 2.65. The molecule has 11 heteroatoms. The van der Waals surface area contributed by atoms with Crippen molar-refractivity contribution in [1.29, 1.82) is 0 Å². The highest BCUT2D eigenvalue weighted by molar-refractivity contribution is 7.47. The molecule has 0 radical (unpaired) electrons. The molecule has 0 aliphatic carbocycles. The number of rotatable bonds is 16. The minimum atomic E-state index is -4.54. The van der Waals surface area contributed by atoms with Crippen LogP contribution in [-0.2, 0) is 32.7 Å². The predicted octanol–water partition coefficient (Wildman–Crippen LogP) is 1.31. The number of carbonyl (C=O) groups excluding carboxylic acids is 2. The summed E-state index contributed by atoms with van der Waals surface area (Å²) in [6, 6.07) is 0. The second kappa shape index (κ2) is 15.0. The molecule has 0 heterocycles. The van der Waals surface area contributed by atoms with Crippen molar-refractivity contribution in [3.05, 3.63) is 0 Å². The SMILES string of the molecule is CCCCCCC(=O)O[C@H](COC(=O)CC)COP(=O)(O)OC[C@@H](O)CO. The number of aliphatic hydroxyl groups excluding tert-OH is 2. The first-order valence-electron chi connectivity index (χ1n) is 8.99. The van der Waals surface area contributed by atoms with Crippen LogP contribution in [0.3, 0.4) is 0 Å². The van der Waals surface area contributed by atoms with Gasteiger partial charge < -0.3 is 24.6 Å². The number of hydrogen-bond donors (Lipinski definition) is 3. The molecule has 1 unspecified atom stereocenters. The van der Waals surface area contributed by atoms with Crippen LogP contribution in [0.15, 0.2) is 0 Å². The number of esters is 2. The van der Waals surface area contributed by atoms with E-state index in [1.54, 1.807) is 6.92 Å². The van der Waals surface area contributed by atoms with Gasteiger partial charge in [0.1, 0.15) is 12.7 Å². The summed E-state index contributed by atoms with van der Waals surface area (Å²) in [7, 11) is -4.54. The first-order chi connectivity index (χ1) is 12.7. The van der Waals surface area contributed by atoms with Crippen LogP contribution >= 0.6 is 7.82 Å². The molecule has 0 saturated heterocycles. The molecule has 160 valence electrons. The fraction of sp³-hybridized carbons (Fsp3) is 0.875. The maximum Gasteiger partial charge on any atom is 0.472 e. The van der Waals surface area contributed by atoms with E-state index in [9.17, 15) is 19.0 Å². The van der Waals surface area contributed by atoms with Gasteiger partial charge in [-0.25, -0.2) is 4.57 Å². The standard InChI is InChI=1S/C16H31O10P/c1-3-5-6-7-8-16(20)26-14(11-23-15(19)4-2)12-25-27(21,22)24-10-13(18)9-17/h13-14,17-18H,3-12H2,1-2H3,(H,21,22)/t13-,14+/m0/s1. The van der Waals surface area contributed by atoms with Crippen LogP contribution in [0.25, 0.3) is 0 Å². The van der Waals surface area contributed by atoms with Gasteiger partial charge in [0, 0.05) is 12.8 Å². The van der Waals surface area contributed by atoms with Crippen molar-refractivity contribution in [3.63, 3.8) is 0 Å². The first-order valence-corrected chi connectivity index (χ1v) is 10.5. The van der Waals surface area contributed by atoms with Gasteiger partial charge in [-0.15, -0.1) is 0 Å². The summed E-state index contributed by atoms with van der Waals surface area (Å²) in [6.45, 7) is 1.51. The number of hydrogen-bond acceptors (Lipinski definition) is 9. The summed E-state index contributed by atoms with van der Waals surface area (Å²) in [5.41, 5.74) is 0. The van der Waals surface area contributed by atoms with Crippen molar-refractivity contribution in [2.24, 2.45) is 0 Å². The van der Waals surface area contributed by atoms with E-state index < -0.39 is 51.8 Å². The summed E-state index contributed by atoms with van der Waals surface area (Å²) in [5.74, 6) is -1.05. The van der Waals surface area contributed by atoms with Gasteiger partial charge in [-0.2, -0.15) is 0 Å². The van der Waals surface area contributed by atoms with E-state index in [1.165, 1.54) is 0 Å².